The highest BCUT2D eigenvalue weighted by Crippen LogP contribution is 2.35. The molecule has 0 amide bonds. The lowest BCUT2D eigenvalue weighted by atomic mass is 9.98. The van der Waals surface area contributed by atoms with Gasteiger partial charge in [-0.15, -0.1) is 0 Å². The summed E-state index contributed by atoms with van der Waals surface area (Å²) in [5, 5.41) is 3.50. The van der Waals surface area contributed by atoms with Crippen LogP contribution < -0.4 is 10.1 Å². The van der Waals surface area contributed by atoms with Gasteiger partial charge in [0.1, 0.15) is 5.75 Å². The second-order valence-corrected chi connectivity index (χ2v) is 6.95. The zero-order valence-electron chi connectivity index (χ0n) is 16.5. The molecule has 0 fully saturated rings. The molecule has 0 bridgehead atoms. The molecule has 5 heteroatoms. The molecule has 152 valence electrons. The molecule has 3 rings (SSSR count). The lowest BCUT2D eigenvalue weighted by molar-refractivity contribution is -0.137. The third kappa shape index (κ3) is 5.39. The maximum absolute atomic E-state index is 12.8. The molecule has 3 aromatic carbocycles. The van der Waals surface area contributed by atoms with E-state index in [0.29, 0.717) is 11.3 Å². The molecule has 3 aromatic rings. The molecule has 0 saturated heterocycles. The summed E-state index contributed by atoms with van der Waals surface area (Å²) in [5.74, 6) is 0.630. The van der Waals surface area contributed by atoms with Crippen molar-refractivity contribution in [1.82, 2.24) is 5.32 Å². The van der Waals surface area contributed by atoms with Crippen molar-refractivity contribution in [2.24, 2.45) is 0 Å². The van der Waals surface area contributed by atoms with E-state index >= 15 is 0 Å². The molecule has 0 aliphatic heterocycles. The van der Waals surface area contributed by atoms with Gasteiger partial charge in [-0.05, 0) is 60.8 Å². The molecule has 0 aromatic heterocycles. The second kappa shape index (κ2) is 9.14. The number of halogens is 3. The predicted molar refractivity (Wildman–Crippen MR) is 110 cm³/mol. The lowest BCUT2D eigenvalue weighted by Crippen LogP contribution is -2.21. The third-order valence-electron chi connectivity index (χ3n) is 4.95. The number of benzene rings is 3. The highest BCUT2D eigenvalue weighted by Gasteiger charge is 2.30. The summed E-state index contributed by atoms with van der Waals surface area (Å²) >= 11 is 0. The molecule has 0 radical (unpaired) electrons. The molecule has 0 aliphatic rings. The van der Waals surface area contributed by atoms with Crippen molar-refractivity contribution < 1.29 is 17.9 Å². The number of methoxy groups -OCH3 is 1. The van der Waals surface area contributed by atoms with Gasteiger partial charge >= 0.3 is 6.18 Å². The molecule has 1 unspecified atom stereocenters. The molecule has 1 N–H and O–H groups in total. The van der Waals surface area contributed by atoms with Gasteiger partial charge < -0.3 is 10.1 Å². The summed E-state index contributed by atoms with van der Waals surface area (Å²) in [7, 11) is 1.56. The fourth-order valence-corrected chi connectivity index (χ4v) is 3.25. The Balaban J connectivity index is 1.75. The number of hydrogen-bond donors (Lipinski definition) is 1. The third-order valence-corrected chi connectivity index (χ3v) is 4.95. The highest BCUT2D eigenvalue weighted by atomic mass is 19.4. The largest absolute Gasteiger partial charge is 0.496 e. The topological polar surface area (TPSA) is 21.3 Å². The summed E-state index contributed by atoms with van der Waals surface area (Å²) in [6.45, 7) is 2.90. The van der Waals surface area contributed by atoms with Crippen LogP contribution in [0.1, 0.15) is 29.7 Å². The van der Waals surface area contributed by atoms with Crippen molar-refractivity contribution in [3.05, 3.63) is 89.5 Å². The van der Waals surface area contributed by atoms with Crippen LogP contribution in [0.4, 0.5) is 13.2 Å². The number of nitrogens with one attached hydrogen (secondary N) is 1. The first-order chi connectivity index (χ1) is 13.9. The predicted octanol–water partition coefficient (Wildman–Crippen LogP) is 6.27. The van der Waals surface area contributed by atoms with Crippen LogP contribution in [0.15, 0.2) is 72.8 Å². The Morgan fingerprint density at radius 1 is 0.931 bits per heavy atom. The molecule has 29 heavy (non-hydrogen) atoms. The van der Waals surface area contributed by atoms with Crippen molar-refractivity contribution in [3.8, 4) is 16.9 Å². The normalized spacial score (nSPS) is 12.6. The monoisotopic (exact) mass is 399 g/mol. The van der Waals surface area contributed by atoms with E-state index in [9.17, 15) is 13.2 Å². The van der Waals surface area contributed by atoms with Gasteiger partial charge in [0.15, 0.2) is 0 Å². The van der Waals surface area contributed by atoms with Crippen LogP contribution in [-0.2, 0) is 12.6 Å². The van der Waals surface area contributed by atoms with Gasteiger partial charge in [-0.2, -0.15) is 13.2 Å². The Bertz CT molecular complexity index is 921. The Kier molecular flexibility index (Phi) is 6.60. The molecule has 0 spiro atoms. The summed E-state index contributed by atoms with van der Waals surface area (Å²) in [4.78, 5) is 0. The molecule has 0 saturated carbocycles. The van der Waals surface area contributed by atoms with E-state index in [0.717, 1.165) is 36.2 Å². The summed E-state index contributed by atoms with van der Waals surface area (Å²) in [6.07, 6.45) is -3.42. The number of rotatable bonds is 7. The first-order valence-corrected chi connectivity index (χ1v) is 9.51. The van der Waals surface area contributed by atoms with Crippen molar-refractivity contribution in [1.29, 1.82) is 0 Å². The van der Waals surface area contributed by atoms with Gasteiger partial charge in [-0.3, -0.25) is 0 Å². The maximum Gasteiger partial charge on any atom is 0.416 e. The summed E-state index contributed by atoms with van der Waals surface area (Å²) < 4.78 is 44.0. The van der Waals surface area contributed by atoms with Crippen LogP contribution in [0.5, 0.6) is 5.75 Å². The Morgan fingerprint density at radius 3 is 2.24 bits per heavy atom. The van der Waals surface area contributed by atoms with Crippen LogP contribution in [0.3, 0.4) is 0 Å². The Hall–Kier alpha value is -2.79. The second-order valence-electron chi connectivity index (χ2n) is 6.95. The zero-order valence-corrected chi connectivity index (χ0v) is 16.5. The van der Waals surface area contributed by atoms with E-state index in [4.69, 9.17) is 4.74 Å². The van der Waals surface area contributed by atoms with Crippen LogP contribution in [0, 0.1) is 0 Å². The molecule has 2 nitrogen and oxygen atoms in total. The summed E-state index contributed by atoms with van der Waals surface area (Å²) in [5.41, 5.74) is 3.12. The average Bonchev–Trinajstić information content (AvgIpc) is 2.73. The van der Waals surface area contributed by atoms with Gasteiger partial charge in [0, 0.05) is 11.6 Å². The molecule has 1 atom stereocenters. The lowest BCUT2D eigenvalue weighted by Gasteiger charge is -2.17. The van der Waals surface area contributed by atoms with E-state index in [1.165, 1.54) is 17.7 Å². The van der Waals surface area contributed by atoms with Crippen LogP contribution in [0.2, 0.25) is 0 Å². The van der Waals surface area contributed by atoms with Gasteiger partial charge in [0.05, 0.1) is 12.7 Å². The van der Waals surface area contributed by atoms with E-state index < -0.39 is 11.7 Å². The van der Waals surface area contributed by atoms with Crippen molar-refractivity contribution >= 4 is 0 Å². The molecular formula is C24H24F3NO. The zero-order chi connectivity index (χ0) is 20.9. The fraction of sp³-hybridized carbons (Fsp3) is 0.250. The molecule has 0 aliphatic carbocycles. The number of ether oxygens (including phenoxy) is 1. The number of hydrogen-bond acceptors (Lipinski definition) is 2. The maximum atomic E-state index is 12.8. The van der Waals surface area contributed by atoms with E-state index in [2.05, 4.69) is 24.4 Å². The van der Waals surface area contributed by atoms with Crippen molar-refractivity contribution in [2.75, 3.05) is 13.7 Å². The highest BCUT2D eigenvalue weighted by molar-refractivity contribution is 5.71. The van der Waals surface area contributed by atoms with Gasteiger partial charge in [-0.1, -0.05) is 48.5 Å². The van der Waals surface area contributed by atoms with Crippen LogP contribution >= 0.6 is 0 Å². The number of alkyl halides is 3. The van der Waals surface area contributed by atoms with Crippen molar-refractivity contribution in [2.45, 2.75) is 25.6 Å². The SMILES string of the molecule is COc1ccc(C(C)NCCc2ccccc2)cc1-c1ccc(C(F)(F)F)cc1. The van der Waals surface area contributed by atoms with Gasteiger partial charge in [-0.25, -0.2) is 0 Å². The van der Waals surface area contributed by atoms with Gasteiger partial charge in [0.2, 0.25) is 0 Å². The van der Waals surface area contributed by atoms with Crippen LogP contribution in [-0.4, -0.2) is 13.7 Å². The Labute approximate surface area is 169 Å². The Morgan fingerprint density at radius 2 is 1.62 bits per heavy atom. The average molecular weight is 399 g/mol. The summed E-state index contributed by atoms with van der Waals surface area (Å²) in [6, 6.07) is 21.3. The fourth-order valence-electron chi connectivity index (χ4n) is 3.25. The van der Waals surface area contributed by atoms with E-state index in [1.807, 2.05) is 36.4 Å². The standard InChI is InChI=1S/C24H24F3NO/c1-17(28-15-14-18-6-4-3-5-7-18)20-10-13-23(29-2)22(16-20)19-8-11-21(12-9-19)24(25,26)27/h3-13,16-17,28H,14-15H2,1-2H3. The minimum absolute atomic E-state index is 0.0952. The molecular weight excluding hydrogens is 375 g/mol. The van der Waals surface area contributed by atoms with Gasteiger partial charge in [0.25, 0.3) is 0 Å². The molecule has 0 heterocycles. The van der Waals surface area contributed by atoms with Crippen LogP contribution in [0.25, 0.3) is 11.1 Å². The smallest absolute Gasteiger partial charge is 0.416 e. The first kappa shape index (κ1) is 20.9. The van der Waals surface area contributed by atoms with E-state index in [-0.39, 0.29) is 6.04 Å². The van der Waals surface area contributed by atoms with Crippen molar-refractivity contribution in [3.63, 3.8) is 0 Å². The van der Waals surface area contributed by atoms with E-state index in [1.54, 1.807) is 7.11 Å². The minimum Gasteiger partial charge on any atom is -0.496 e. The quantitative estimate of drug-likeness (QED) is 0.505. The first-order valence-electron chi connectivity index (χ1n) is 9.51. The minimum atomic E-state index is -4.35.